The molecule has 2 aromatic carbocycles. The van der Waals surface area contributed by atoms with E-state index in [1.807, 2.05) is 21.0 Å². The molecular weight excluding hydrogens is 342 g/mol. The fraction of sp³-hybridized carbons (Fsp3) is 0.238. The summed E-state index contributed by atoms with van der Waals surface area (Å²) in [4.78, 5) is 19.2. The van der Waals surface area contributed by atoms with E-state index in [1.54, 1.807) is 0 Å². The van der Waals surface area contributed by atoms with Crippen molar-refractivity contribution < 1.29 is 4.79 Å². The molecule has 132 valence electrons. The third-order valence-electron chi connectivity index (χ3n) is 4.69. The molecule has 0 radical (unpaired) electrons. The minimum Gasteiger partial charge on any atom is -0.323 e. The van der Waals surface area contributed by atoms with E-state index in [1.165, 1.54) is 28.0 Å². The molecule has 2 amide bonds. The van der Waals surface area contributed by atoms with Gasteiger partial charge in [0.1, 0.15) is 0 Å². The molecule has 1 saturated heterocycles. The fourth-order valence-electron chi connectivity index (χ4n) is 3.17. The largest absolute Gasteiger partial charge is 0.346 e. The minimum absolute atomic E-state index is 0.130. The number of amides is 2. The Morgan fingerprint density at radius 1 is 0.962 bits per heavy atom. The number of likely N-dealkylation sites (tertiary alicyclic amines) is 1. The summed E-state index contributed by atoms with van der Waals surface area (Å²) in [6.07, 6.45) is 4.11. The number of nitrogens with zero attached hydrogens (tertiary/aromatic N) is 3. The SMILES string of the molecule is Cc1ccc(-c2ccc(-n3ccs/c3=N\C(=O)N3CCCC3)cc2)cc1. The summed E-state index contributed by atoms with van der Waals surface area (Å²) < 4.78 is 1.97. The summed E-state index contributed by atoms with van der Waals surface area (Å²) in [6, 6.07) is 16.7. The topological polar surface area (TPSA) is 37.6 Å². The minimum atomic E-state index is -0.130. The Kier molecular flexibility index (Phi) is 4.71. The van der Waals surface area contributed by atoms with Gasteiger partial charge in [-0.05, 0) is 43.0 Å². The molecule has 4 rings (SSSR count). The lowest BCUT2D eigenvalue weighted by Gasteiger charge is -2.11. The predicted molar refractivity (Wildman–Crippen MR) is 106 cm³/mol. The maximum atomic E-state index is 12.3. The lowest BCUT2D eigenvalue weighted by atomic mass is 10.0. The number of aryl methyl sites for hydroxylation is 1. The number of thiazole rings is 1. The van der Waals surface area contributed by atoms with Crippen molar-refractivity contribution in [3.63, 3.8) is 0 Å². The molecular formula is C21H21N3OS. The van der Waals surface area contributed by atoms with Crippen molar-refractivity contribution in [2.75, 3.05) is 13.1 Å². The summed E-state index contributed by atoms with van der Waals surface area (Å²) in [7, 11) is 0. The monoisotopic (exact) mass is 363 g/mol. The van der Waals surface area contributed by atoms with Crippen LogP contribution < -0.4 is 4.80 Å². The van der Waals surface area contributed by atoms with Crippen LogP contribution in [0.15, 0.2) is 65.1 Å². The van der Waals surface area contributed by atoms with Crippen molar-refractivity contribution in [1.29, 1.82) is 0 Å². The van der Waals surface area contributed by atoms with Crippen LogP contribution in [0.1, 0.15) is 18.4 Å². The highest BCUT2D eigenvalue weighted by Gasteiger charge is 2.17. The lowest BCUT2D eigenvalue weighted by Crippen LogP contribution is -2.27. The van der Waals surface area contributed by atoms with E-state index in [0.717, 1.165) is 31.6 Å². The van der Waals surface area contributed by atoms with E-state index in [2.05, 4.69) is 60.4 Å². The van der Waals surface area contributed by atoms with Gasteiger partial charge in [-0.2, -0.15) is 4.99 Å². The van der Waals surface area contributed by atoms with E-state index >= 15 is 0 Å². The molecule has 1 fully saturated rings. The molecule has 3 aromatic rings. The highest BCUT2D eigenvalue weighted by Crippen LogP contribution is 2.21. The molecule has 1 aliphatic rings. The van der Waals surface area contributed by atoms with Crippen LogP contribution in [0.4, 0.5) is 4.79 Å². The summed E-state index contributed by atoms with van der Waals surface area (Å²) in [5.41, 5.74) is 4.64. The smallest absolute Gasteiger partial charge is 0.323 e. The van der Waals surface area contributed by atoms with Gasteiger partial charge in [0.2, 0.25) is 0 Å². The maximum absolute atomic E-state index is 12.3. The molecule has 0 N–H and O–H groups in total. The van der Waals surface area contributed by atoms with Crippen molar-refractivity contribution >= 4 is 17.4 Å². The molecule has 2 heterocycles. The van der Waals surface area contributed by atoms with Crippen molar-refractivity contribution in [1.82, 2.24) is 9.47 Å². The number of carbonyl (C=O) groups excluding carboxylic acids is 1. The molecule has 0 saturated carbocycles. The van der Waals surface area contributed by atoms with Gasteiger partial charge < -0.3 is 4.90 Å². The Morgan fingerprint density at radius 3 is 2.23 bits per heavy atom. The number of hydrogen-bond donors (Lipinski definition) is 0. The molecule has 1 aliphatic heterocycles. The van der Waals surface area contributed by atoms with Crippen LogP contribution in [0.2, 0.25) is 0 Å². The maximum Gasteiger partial charge on any atom is 0.346 e. The predicted octanol–water partition coefficient (Wildman–Crippen LogP) is 4.63. The molecule has 4 nitrogen and oxygen atoms in total. The highest BCUT2D eigenvalue weighted by molar-refractivity contribution is 7.07. The van der Waals surface area contributed by atoms with Crippen molar-refractivity contribution in [2.24, 2.45) is 4.99 Å². The standard InChI is InChI=1S/C21H21N3OS/c1-16-4-6-17(7-5-16)18-8-10-19(11-9-18)24-14-15-26-21(24)22-20(25)23-12-2-3-13-23/h4-11,14-15H,2-3,12-13H2,1H3/b22-21-. The molecule has 1 aromatic heterocycles. The molecule has 0 atom stereocenters. The van der Waals surface area contributed by atoms with E-state index in [-0.39, 0.29) is 6.03 Å². The Hall–Kier alpha value is -2.66. The second-order valence-electron chi connectivity index (χ2n) is 6.56. The average molecular weight is 363 g/mol. The normalized spacial score (nSPS) is 14.8. The van der Waals surface area contributed by atoms with Crippen LogP contribution >= 0.6 is 11.3 Å². The van der Waals surface area contributed by atoms with Gasteiger partial charge in [-0.1, -0.05) is 42.0 Å². The summed E-state index contributed by atoms with van der Waals surface area (Å²) >= 11 is 1.48. The van der Waals surface area contributed by atoms with Crippen LogP contribution in [-0.4, -0.2) is 28.6 Å². The third kappa shape index (κ3) is 3.48. The molecule has 0 unspecified atom stereocenters. The van der Waals surface area contributed by atoms with Crippen molar-refractivity contribution in [2.45, 2.75) is 19.8 Å². The third-order valence-corrected chi connectivity index (χ3v) is 5.44. The van der Waals surface area contributed by atoms with Crippen molar-refractivity contribution in [3.8, 4) is 16.8 Å². The van der Waals surface area contributed by atoms with Crippen molar-refractivity contribution in [3.05, 3.63) is 70.5 Å². The van der Waals surface area contributed by atoms with Crippen LogP contribution in [0, 0.1) is 6.92 Å². The zero-order chi connectivity index (χ0) is 17.9. The zero-order valence-corrected chi connectivity index (χ0v) is 15.6. The first-order valence-electron chi connectivity index (χ1n) is 8.88. The average Bonchev–Trinajstić information content (AvgIpc) is 3.34. The van der Waals surface area contributed by atoms with Crippen LogP contribution in [0.5, 0.6) is 0 Å². The quantitative estimate of drug-likeness (QED) is 0.654. The molecule has 0 bridgehead atoms. The van der Waals surface area contributed by atoms with E-state index in [9.17, 15) is 4.79 Å². The second-order valence-corrected chi connectivity index (χ2v) is 7.43. The summed E-state index contributed by atoms with van der Waals surface area (Å²) in [6.45, 7) is 3.73. The molecule has 26 heavy (non-hydrogen) atoms. The van der Waals surface area contributed by atoms with Gasteiger partial charge in [-0.3, -0.25) is 4.57 Å². The molecule has 0 spiro atoms. The molecule has 0 aliphatic carbocycles. The second kappa shape index (κ2) is 7.30. The Labute approximate surface area is 157 Å². The van der Waals surface area contributed by atoms with Crippen LogP contribution in [0.25, 0.3) is 16.8 Å². The van der Waals surface area contributed by atoms with Crippen LogP contribution in [0.3, 0.4) is 0 Å². The van der Waals surface area contributed by atoms with Gasteiger partial charge in [0.25, 0.3) is 0 Å². The first kappa shape index (κ1) is 16.8. The Balaban J connectivity index is 1.61. The van der Waals surface area contributed by atoms with E-state index < -0.39 is 0 Å². The van der Waals surface area contributed by atoms with E-state index in [4.69, 9.17) is 0 Å². The van der Waals surface area contributed by atoms with Gasteiger partial charge in [-0.25, -0.2) is 4.79 Å². The van der Waals surface area contributed by atoms with Gasteiger partial charge in [-0.15, -0.1) is 11.3 Å². The van der Waals surface area contributed by atoms with Gasteiger partial charge in [0.15, 0.2) is 4.80 Å². The number of urea groups is 1. The number of hydrogen-bond acceptors (Lipinski definition) is 2. The number of benzene rings is 2. The lowest BCUT2D eigenvalue weighted by molar-refractivity contribution is 0.218. The van der Waals surface area contributed by atoms with Crippen LogP contribution in [-0.2, 0) is 0 Å². The number of rotatable bonds is 2. The molecule has 5 heteroatoms. The summed E-state index contributed by atoms with van der Waals surface area (Å²) in [5, 5.41) is 1.96. The van der Waals surface area contributed by atoms with Gasteiger partial charge in [0, 0.05) is 30.4 Å². The van der Waals surface area contributed by atoms with E-state index in [0.29, 0.717) is 4.80 Å². The zero-order valence-electron chi connectivity index (χ0n) is 14.8. The highest BCUT2D eigenvalue weighted by atomic mass is 32.1. The number of carbonyl (C=O) groups is 1. The summed E-state index contributed by atoms with van der Waals surface area (Å²) in [5.74, 6) is 0. The first-order valence-corrected chi connectivity index (χ1v) is 9.76. The van der Waals surface area contributed by atoms with Gasteiger partial charge >= 0.3 is 6.03 Å². The fourth-order valence-corrected chi connectivity index (χ4v) is 3.89. The van der Waals surface area contributed by atoms with Gasteiger partial charge in [0.05, 0.1) is 0 Å². The first-order chi connectivity index (χ1) is 12.7. The number of aromatic nitrogens is 1. The Bertz CT molecular complexity index is 961. The Morgan fingerprint density at radius 2 is 1.58 bits per heavy atom.